The summed E-state index contributed by atoms with van der Waals surface area (Å²) in [6.07, 6.45) is 9.01. The number of carbonyl (C=O) groups excluding carboxylic acids is 3. The number of imidazole rings is 2. The van der Waals surface area contributed by atoms with Crippen LogP contribution in [0.1, 0.15) is 70.2 Å². The number of ether oxygens (including phenoxy) is 1. The van der Waals surface area contributed by atoms with Gasteiger partial charge in [0.1, 0.15) is 17.7 Å². The van der Waals surface area contributed by atoms with Crippen molar-refractivity contribution >= 4 is 23.6 Å². The van der Waals surface area contributed by atoms with E-state index in [4.69, 9.17) is 9.72 Å². The number of alkyl carbamates (subject to hydrolysis) is 1. The molecule has 3 amide bonds. The fraction of sp³-hybridized carbons (Fsp3) is 0.366. The number of hydrogen-bond donors (Lipinski definition) is 4. The number of hydrogen-bond acceptors (Lipinski definition) is 8. The summed E-state index contributed by atoms with van der Waals surface area (Å²) in [4.78, 5) is 62.8. The first-order chi connectivity index (χ1) is 26.2. The van der Waals surface area contributed by atoms with E-state index in [1.807, 2.05) is 23.2 Å². The van der Waals surface area contributed by atoms with Crippen LogP contribution in [0.15, 0.2) is 85.5 Å². The zero-order valence-corrected chi connectivity index (χ0v) is 31.1. The molecule has 3 aromatic heterocycles. The van der Waals surface area contributed by atoms with Gasteiger partial charge in [0.05, 0.1) is 41.6 Å². The summed E-state index contributed by atoms with van der Waals surface area (Å²) in [6, 6.07) is 19.8. The van der Waals surface area contributed by atoms with Crippen LogP contribution in [0.4, 0.5) is 10.5 Å². The number of anilines is 1. The topological polar surface area (TPSA) is 161 Å². The van der Waals surface area contributed by atoms with Crippen LogP contribution in [0.5, 0.6) is 0 Å². The minimum Gasteiger partial charge on any atom is -0.436 e. The van der Waals surface area contributed by atoms with E-state index in [0.29, 0.717) is 13.1 Å². The van der Waals surface area contributed by atoms with Crippen molar-refractivity contribution in [2.75, 3.05) is 25.5 Å². The highest BCUT2D eigenvalue weighted by atomic mass is 16.6. The van der Waals surface area contributed by atoms with Gasteiger partial charge in [-0.15, -0.1) is 0 Å². The van der Waals surface area contributed by atoms with Crippen molar-refractivity contribution in [3.63, 3.8) is 0 Å². The quantitative estimate of drug-likeness (QED) is 0.116. The monoisotopic (exact) mass is 729 g/mol. The fourth-order valence-corrected chi connectivity index (χ4v) is 7.44. The number of nitrogens with one attached hydrogen (secondary N) is 4. The lowest BCUT2D eigenvalue weighted by atomic mass is 10.0. The number of nitrogens with zero attached hydrogens (tertiary/aromatic N) is 5. The molecule has 0 spiro atoms. The second kappa shape index (κ2) is 15.9. The molecule has 54 heavy (non-hydrogen) atoms. The van der Waals surface area contributed by atoms with Crippen molar-refractivity contribution in [1.29, 1.82) is 0 Å². The second-order valence-corrected chi connectivity index (χ2v) is 14.3. The molecule has 13 heteroatoms. The minimum atomic E-state index is -0.886. The van der Waals surface area contributed by atoms with E-state index < -0.39 is 12.2 Å². The molecule has 2 saturated heterocycles. The lowest BCUT2D eigenvalue weighted by molar-refractivity contribution is -0.140. The molecule has 5 aromatic rings. The standard InChI is InChI=1S/C41H47N9O4/c1-25(2)36(46-31-8-5-19-43-22-31)40(52)50-21-7-10-35(50)38-45-24-33(48-38)30-17-13-28(14-18-30)27-11-15-29(16-12-27)32-23-44-37(47-32)34-9-6-20-49(34)39(51)26(3)54-41(53)42-4/h5,8,11-19,22-26,34-36,46H,6-7,9-10,20-21H2,1-4H3,(H,42,53)(H,44,47)(H,45,48)/t26-,34-,35-,36-/m0/s1. The summed E-state index contributed by atoms with van der Waals surface area (Å²) >= 11 is 0. The van der Waals surface area contributed by atoms with Gasteiger partial charge in [-0.2, -0.15) is 0 Å². The molecule has 280 valence electrons. The molecule has 7 rings (SSSR count). The number of rotatable bonds is 11. The van der Waals surface area contributed by atoms with Gasteiger partial charge in [-0.3, -0.25) is 14.6 Å². The third kappa shape index (κ3) is 7.71. The number of aromatic amines is 2. The van der Waals surface area contributed by atoms with E-state index in [1.165, 1.54) is 7.05 Å². The number of benzene rings is 2. The third-order valence-corrected chi connectivity index (χ3v) is 10.4. The molecule has 2 aliphatic heterocycles. The van der Waals surface area contributed by atoms with E-state index in [0.717, 1.165) is 76.7 Å². The molecule has 0 radical (unpaired) electrons. The number of aromatic nitrogens is 5. The predicted octanol–water partition coefficient (Wildman–Crippen LogP) is 6.74. The van der Waals surface area contributed by atoms with Crippen molar-refractivity contribution < 1.29 is 19.1 Å². The lowest BCUT2D eigenvalue weighted by Gasteiger charge is -2.30. The summed E-state index contributed by atoms with van der Waals surface area (Å²) in [5.74, 6) is 1.46. The Bertz CT molecular complexity index is 2060. The number of H-pyrrole nitrogens is 2. The maximum Gasteiger partial charge on any atom is 0.407 e. The minimum absolute atomic E-state index is 0.0748. The average Bonchev–Trinajstić information content (AvgIpc) is 4.03. The van der Waals surface area contributed by atoms with Crippen molar-refractivity contribution in [2.24, 2.45) is 5.92 Å². The number of likely N-dealkylation sites (tertiary alicyclic amines) is 2. The maximum atomic E-state index is 13.8. The van der Waals surface area contributed by atoms with Crippen molar-refractivity contribution in [1.82, 2.24) is 40.0 Å². The Morgan fingerprint density at radius 3 is 1.74 bits per heavy atom. The van der Waals surface area contributed by atoms with Gasteiger partial charge < -0.3 is 35.1 Å². The molecule has 13 nitrogen and oxygen atoms in total. The van der Waals surface area contributed by atoms with Crippen LogP contribution >= 0.6 is 0 Å². The van der Waals surface area contributed by atoms with Crippen LogP contribution in [0.25, 0.3) is 33.6 Å². The average molecular weight is 730 g/mol. The van der Waals surface area contributed by atoms with Gasteiger partial charge in [-0.05, 0) is 72.9 Å². The summed E-state index contributed by atoms with van der Waals surface area (Å²) in [5.41, 5.74) is 6.76. The SMILES string of the molecule is CNC(=O)O[C@@H](C)C(=O)N1CCC[C@H]1c1ncc(-c2ccc(-c3ccc(-c4cnc([C@@H]5CCCN5C(=O)[C@@H](Nc5cccnc5)C(C)C)[nH]4)cc3)cc2)[nH]1. The molecular weight excluding hydrogens is 683 g/mol. The Hall–Kier alpha value is -5.98. The first-order valence-electron chi connectivity index (χ1n) is 18.7. The molecular formula is C41H47N9O4. The summed E-state index contributed by atoms with van der Waals surface area (Å²) < 4.78 is 5.18. The maximum absolute atomic E-state index is 13.8. The molecule has 0 unspecified atom stereocenters. The van der Waals surface area contributed by atoms with Crippen LogP contribution in [-0.4, -0.2) is 84.9 Å². The molecule has 0 bridgehead atoms. The predicted molar refractivity (Wildman–Crippen MR) is 206 cm³/mol. The van der Waals surface area contributed by atoms with Gasteiger partial charge in [-0.1, -0.05) is 62.4 Å². The van der Waals surface area contributed by atoms with Crippen LogP contribution in [-0.2, 0) is 14.3 Å². The number of carbonyl (C=O) groups is 3. The zero-order chi connectivity index (χ0) is 37.8. The Kier molecular flexibility index (Phi) is 10.7. The third-order valence-electron chi connectivity index (χ3n) is 10.4. The molecule has 2 aliphatic rings. The van der Waals surface area contributed by atoms with E-state index in [1.54, 1.807) is 30.4 Å². The second-order valence-electron chi connectivity index (χ2n) is 14.3. The highest BCUT2D eigenvalue weighted by molar-refractivity contribution is 5.86. The van der Waals surface area contributed by atoms with Gasteiger partial charge >= 0.3 is 6.09 Å². The van der Waals surface area contributed by atoms with Crippen LogP contribution in [0, 0.1) is 5.92 Å². The molecule has 4 atom stereocenters. The van der Waals surface area contributed by atoms with Gasteiger partial charge in [0.15, 0.2) is 6.10 Å². The first kappa shape index (κ1) is 36.4. The zero-order valence-electron chi connectivity index (χ0n) is 31.1. The fourth-order valence-electron chi connectivity index (χ4n) is 7.44. The van der Waals surface area contributed by atoms with Gasteiger partial charge in [0, 0.05) is 32.5 Å². The normalized spacial score (nSPS) is 18.1. The number of amides is 3. The van der Waals surface area contributed by atoms with Crippen LogP contribution in [0.3, 0.4) is 0 Å². The van der Waals surface area contributed by atoms with E-state index in [9.17, 15) is 14.4 Å². The van der Waals surface area contributed by atoms with Gasteiger partial charge in [0.2, 0.25) is 5.91 Å². The summed E-state index contributed by atoms with van der Waals surface area (Å²) in [7, 11) is 1.46. The van der Waals surface area contributed by atoms with Crippen molar-refractivity contribution in [3.8, 4) is 33.6 Å². The Labute approximate surface area is 315 Å². The van der Waals surface area contributed by atoms with Crippen molar-refractivity contribution in [2.45, 2.75) is 70.7 Å². The molecule has 0 saturated carbocycles. The summed E-state index contributed by atoms with van der Waals surface area (Å²) in [6.45, 7) is 6.99. The van der Waals surface area contributed by atoms with E-state index in [2.05, 4.69) is 92.9 Å². The Morgan fingerprint density at radius 2 is 1.26 bits per heavy atom. The lowest BCUT2D eigenvalue weighted by Crippen LogP contribution is -2.45. The number of pyridine rings is 1. The van der Waals surface area contributed by atoms with Crippen LogP contribution < -0.4 is 10.6 Å². The Balaban J connectivity index is 0.993. The van der Waals surface area contributed by atoms with Gasteiger partial charge in [0.25, 0.3) is 5.91 Å². The smallest absolute Gasteiger partial charge is 0.407 e. The van der Waals surface area contributed by atoms with E-state index >= 15 is 0 Å². The molecule has 2 fully saturated rings. The van der Waals surface area contributed by atoms with Crippen LogP contribution in [0.2, 0.25) is 0 Å². The Morgan fingerprint density at radius 1 is 0.741 bits per heavy atom. The highest BCUT2D eigenvalue weighted by Gasteiger charge is 2.37. The van der Waals surface area contributed by atoms with Crippen molar-refractivity contribution in [3.05, 3.63) is 97.1 Å². The van der Waals surface area contributed by atoms with Gasteiger partial charge in [-0.25, -0.2) is 14.8 Å². The molecule has 0 aliphatic carbocycles. The molecule has 4 N–H and O–H groups in total. The molecule has 2 aromatic carbocycles. The molecule has 5 heterocycles. The largest absolute Gasteiger partial charge is 0.436 e. The van der Waals surface area contributed by atoms with E-state index in [-0.39, 0.29) is 35.9 Å². The first-order valence-corrected chi connectivity index (χ1v) is 18.7. The highest BCUT2D eigenvalue weighted by Crippen LogP contribution is 2.35. The summed E-state index contributed by atoms with van der Waals surface area (Å²) in [5, 5.41) is 5.79.